The molecule has 2 saturated heterocycles. The Kier molecular flexibility index (Phi) is 5.21. The van der Waals surface area contributed by atoms with Crippen molar-refractivity contribution in [3.8, 4) is 5.75 Å². The fourth-order valence-corrected chi connectivity index (χ4v) is 4.07. The van der Waals surface area contributed by atoms with Crippen LogP contribution in [0.1, 0.15) is 38.2 Å². The molecule has 4 nitrogen and oxygen atoms in total. The summed E-state index contributed by atoms with van der Waals surface area (Å²) in [6, 6.07) is 8.90. The number of likely N-dealkylation sites (N-methyl/N-ethyl adjacent to an activating group) is 1. The molecule has 0 spiro atoms. The van der Waals surface area contributed by atoms with Gasteiger partial charge in [0.1, 0.15) is 5.75 Å². The van der Waals surface area contributed by atoms with E-state index in [9.17, 15) is 4.79 Å². The van der Waals surface area contributed by atoms with E-state index in [2.05, 4.69) is 16.8 Å². The van der Waals surface area contributed by atoms with Gasteiger partial charge in [-0.05, 0) is 63.9 Å². The molecule has 0 saturated carbocycles. The van der Waals surface area contributed by atoms with Gasteiger partial charge in [-0.25, -0.2) is 0 Å². The van der Waals surface area contributed by atoms with Crippen LogP contribution in [0.5, 0.6) is 5.75 Å². The third-order valence-corrected chi connectivity index (χ3v) is 5.23. The van der Waals surface area contributed by atoms with Gasteiger partial charge in [0.05, 0.1) is 13.0 Å². The number of benzene rings is 1. The molecule has 3 rings (SSSR count). The zero-order valence-corrected chi connectivity index (χ0v) is 14.3. The summed E-state index contributed by atoms with van der Waals surface area (Å²) in [5, 5.41) is 0. The average Bonchev–Trinajstić information content (AvgIpc) is 3.17. The Labute approximate surface area is 139 Å². The molecule has 0 radical (unpaired) electrons. The number of rotatable bonds is 5. The summed E-state index contributed by atoms with van der Waals surface area (Å²) >= 11 is 0. The minimum Gasteiger partial charge on any atom is -0.494 e. The van der Waals surface area contributed by atoms with Crippen molar-refractivity contribution in [1.29, 1.82) is 0 Å². The number of hydrogen-bond acceptors (Lipinski definition) is 3. The molecular weight excluding hydrogens is 288 g/mol. The van der Waals surface area contributed by atoms with Crippen molar-refractivity contribution in [1.82, 2.24) is 9.80 Å². The summed E-state index contributed by atoms with van der Waals surface area (Å²) in [4.78, 5) is 17.4. The Morgan fingerprint density at radius 3 is 2.48 bits per heavy atom. The van der Waals surface area contributed by atoms with Gasteiger partial charge in [-0.3, -0.25) is 4.79 Å². The van der Waals surface area contributed by atoms with Crippen LogP contribution < -0.4 is 4.74 Å². The van der Waals surface area contributed by atoms with Gasteiger partial charge < -0.3 is 14.5 Å². The summed E-state index contributed by atoms with van der Waals surface area (Å²) in [6.45, 7) is 4.74. The van der Waals surface area contributed by atoms with E-state index in [4.69, 9.17) is 4.74 Å². The minimum absolute atomic E-state index is 0.275. The van der Waals surface area contributed by atoms with Crippen LogP contribution in [0.15, 0.2) is 24.3 Å². The number of carbonyl (C=O) groups is 1. The van der Waals surface area contributed by atoms with Gasteiger partial charge in [-0.1, -0.05) is 12.1 Å². The highest BCUT2D eigenvalue weighted by molar-refractivity contribution is 5.79. The second-order valence-corrected chi connectivity index (χ2v) is 6.74. The van der Waals surface area contributed by atoms with E-state index in [0.29, 0.717) is 25.1 Å². The normalized spacial score (nSPS) is 25.0. The Morgan fingerprint density at radius 2 is 1.83 bits per heavy atom. The number of amides is 1. The van der Waals surface area contributed by atoms with Crippen molar-refractivity contribution in [2.75, 3.05) is 26.7 Å². The summed E-state index contributed by atoms with van der Waals surface area (Å²) < 4.78 is 5.46. The second-order valence-electron chi connectivity index (χ2n) is 6.74. The lowest BCUT2D eigenvalue weighted by Crippen LogP contribution is -2.47. The highest BCUT2D eigenvalue weighted by Crippen LogP contribution is 2.29. The van der Waals surface area contributed by atoms with Crippen LogP contribution in [-0.2, 0) is 11.2 Å². The zero-order valence-electron chi connectivity index (χ0n) is 14.3. The van der Waals surface area contributed by atoms with Gasteiger partial charge in [0, 0.05) is 18.6 Å². The van der Waals surface area contributed by atoms with Crippen molar-refractivity contribution in [3.05, 3.63) is 29.8 Å². The van der Waals surface area contributed by atoms with E-state index in [0.717, 1.165) is 30.7 Å². The van der Waals surface area contributed by atoms with Crippen LogP contribution in [-0.4, -0.2) is 54.5 Å². The van der Waals surface area contributed by atoms with Gasteiger partial charge in [0.2, 0.25) is 5.91 Å². The first kappa shape index (κ1) is 16.3. The lowest BCUT2D eigenvalue weighted by atomic mass is 10.0. The SMILES string of the molecule is CCOc1ccc(CC(=O)N2CCCC2C2CCCN2C)cc1. The van der Waals surface area contributed by atoms with Gasteiger partial charge in [-0.2, -0.15) is 0 Å². The molecule has 2 unspecified atom stereocenters. The summed E-state index contributed by atoms with van der Waals surface area (Å²) in [5.41, 5.74) is 1.07. The molecule has 2 heterocycles. The highest BCUT2D eigenvalue weighted by atomic mass is 16.5. The van der Waals surface area contributed by atoms with Crippen LogP contribution >= 0.6 is 0 Å². The van der Waals surface area contributed by atoms with Gasteiger partial charge in [-0.15, -0.1) is 0 Å². The Hall–Kier alpha value is -1.55. The first-order valence-electron chi connectivity index (χ1n) is 8.90. The van der Waals surface area contributed by atoms with E-state index in [1.54, 1.807) is 0 Å². The Balaban J connectivity index is 1.62. The molecule has 4 heteroatoms. The minimum atomic E-state index is 0.275. The van der Waals surface area contributed by atoms with E-state index in [-0.39, 0.29) is 5.91 Å². The van der Waals surface area contributed by atoms with Crippen molar-refractivity contribution < 1.29 is 9.53 Å². The monoisotopic (exact) mass is 316 g/mol. The number of ether oxygens (including phenoxy) is 1. The molecule has 2 aliphatic rings. The van der Waals surface area contributed by atoms with Gasteiger partial charge in [0.25, 0.3) is 0 Å². The largest absolute Gasteiger partial charge is 0.494 e. The zero-order chi connectivity index (χ0) is 16.2. The van der Waals surface area contributed by atoms with Crippen LogP contribution in [0.25, 0.3) is 0 Å². The molecule has 2 fully saturated rings. The van der Waals surface area contributed by atoms with Crippen molar-refractivity contribution >= 4 is 5.91 Å². The Bertz CT molecular complexity index is 529. The summed E-state index contributed by atoms with van der Waals surface area (Å²) in [5.74, 6) is 1.15. The molecule has 0 aliphatic carbocycles. The number of carbonyl (C=O) groups excluding carboxylic acids is 1. The smallest absolute Gasteiger partial charge is 0.227 e. The van der Waals surface area contributed by atoms with Crippen LogP contribution in [0.2, 0.25) is 0 Å². The molecule has 1 aromatic carbocycles. The molecule has 2 aliphatic heterocycles. The first-order valence-corrected chi connectivity index (χ1v) is 8.90. The van der Waals surface area contributed by atoms with Gasteiger partial charge in [0.15, 0.2) is 0 Å². The molecule has 2 atom stereocenters. The van der Waals surface area contributed by atoms with Gasteiger partial charge >= 0.3 is 0 Å². The quantitative estimate of drug-likeness (QED) is 0.837. The van der Waals surface area contributed by atoms with Crippen LogP contribution in [0, 0.1) is 0 Å². The average molecular weight is 316 g/mol. The molecule has 126 valence electrons. The number of nitrogens with zero attached hydrogens (tertiary/aromatic N) is 2. The van der Waals surface area contributed by atoms with Crippen LogP contribution in [0.4, 0.5) is 0 Å². The molecule has 0 bridgehead atoms. The standard InChI is InChI=1S/C19H28N2O2/c1-3-23-16-10-8-15(9-11-16)14-19(22)21-13-5-7-18(21)17-6-4-12-20(17)2/h8-11,17-18H,3-7,12-14H2,1-2H3. The van der Waals surface area contributed by atoms with E-state index < -0.39 is 0 Å². The molecule has 1 aromatic rings. The van der Waals surface area contributed by atoms with Crippen molar-refractivity contribution in [2.45, 2.75) is 51.1 Å². The lowest BCUT2D eigenvalue weighted by Gasteiger charge is -2.33. The predicted octanol–water partition coefficient (Wildman–Crippen LogP) is 2.71. The third-order valence-electron chi connectivity index (χ3n) is 5.23. The van der Waals surface area contributed by atoms with E-state index >= 15 is 0 Å². The predicted molar refractivity (Wildman–Crippen MR) is 91.7 cm³/mol. The molecular formula is C19H28N2O2. The maximum absolute atomic E-state index is 12.8. The summed E-state index contributed by atoms with van der Waals surface area (Å²) in [6.07, 6.45) is 5.29. The molecule has 0 N–H and O–H groups in total. The van der Waals surface area contributed by atoms with Crippen molar-refractivity contribution in [2.24, 2.45) is 0 Å². The molecule has 1 amide bonds. The molecule has 0 aromatic heterocycles. The topological polar surface area (TPSA) is 32.8 Å². The fourth-order valence-electron chi connectivity index (χ4n) is 4.07. The Morgan fingerprint density at radius 1 is 1.13 bits per heavy atom. The van der Waals surface area contributed by atoms with E-state index in [1.807, 2.05) is 31.2 Å². The fraction of sp³-hybridized carbons (Fsp3) is 0.632. The van der Waals surface area contributed by atoms with Crippen molar-refractivity contribution in [3.63, 3.8) is 0 Å². The maximum Gasteiger partial charge on any atom is 0.227 e. The second kappa shape index (κ2) is 7.35. The first-order chi connectivity index (χ1) is 11.2. The summed E-state index contributed by atoms with van der Waals surface area (Å²) in [7, 11) is 2.20. The maximum atomic E-state index is 12.8. The van der Waals surface area contributed by atoms with E-state index in [1.165, 1.54) is 19.4 Å². The lowest BCUT2D eigenvalue weighted by molar-refractivity contribution is -0.132. The third kappa shape index (κ3) is 3.69. The number of hydrogen-bond donors (Lipinski definition) is 0. The highest BCUT2D eigenvalue weighted by Gasteiger charge is 2.38. The van der Waals surface area contributed by atoms with Crippen LogP contribution in [0.3, 0.4) is 0 Å². The number of likely N-dealkylation sites (tertiary alicyclic amines) is 2. The molecule has 23 heavy (non-hydrogen) atoms.